The van der Waals surface area contributed by atoms with Gasteiger partial charge in [0, 0.05) is 11.8 Å². The monoisotopic (exact) mass is 377 g/mol. The van der Waals surface area contributed by atoms with Gasteiger partial charge in [0.25, 0.3) is 0 Å². The summed E-state index contributed by atoms with van der Waals surface area (Å²) in [4.78, 5) is 4.61. The van der Waals surface area contributed by atoms with Crippen LogP contribution in [0.2, 0.25) is 0 Å². The average Bonchev–Trinajstić information content (AvgIpc) is 2.76. The van der Waals surface area contributed by atoms with E-state index in [9.17, 15) is 0 Å². The number of hydrogen-bond acceptors (Lipinski definition) is 1. The van der Waals surface area contributed by atoms with Gasteiger partial charge in [-0.05, 0) is 54.7 Å². The molecule has 1 aromatic carbocycles. The van der Waals surface area contributed by atoms with E-state index in [4.69, 9.17) is 0 Å². The molecule has 2 aromatic rings. The molecule has 1 fully saturated rings. The molecule has 1 heterocycles. The van der Waals surface area contributed by atoms with Gasteiger partial charge in [-0.1, -0.05) is 95.5 Å². The van der Waals surface area contributed by atoms with Crippen molar-refractivity contribution in [3.63, 3.8) is 0 Å². The highest BCUT2D eigenvalue weighted by Gasteiger charge is 2.21. The number of rotatable bonds is 10. The Morgan fingerprint density at radius 1 is 0.821 bits per heavy atom. The summed E-state index contributed by atoms with van der Waals surface area (Å²) in [6.45, 7) is 4.48. The molecule has 0 saturated heterocycles. The largest absolute Gasteiger partial charge is 0.256 e. The first-order chi connectivity index (χ1) is 13.8. The molecule has 152 valence electrons. The second kappa shape index (κ2) is 11.4. The van der Waals surface area contributed by atoms with Crippen molar-refractivity contribution in [3.8, 4) is 11.3 Å². The summed E-state index contributed by atoms with van der Waals surface area (Å²) in [6.07, 6.45) is 18.7. The molecule has 28 heavy (non-hydrogen) atoms. The molecule has 0 bridgehead atoms. The topological polar surface area (TPSA) is 12.9 Å². The molecule has 0 amide bonds. The predicted molar refractivity (Wildman–Crippen MR) is 122 cm³/mol. The van der Waals surface area contributed by atoms with Crippen LogP contribution in [-0.4, -0.2) is 4.98 Å². The standard InChI is InChI=1S/C27H39N/c1-3-5-6-7-9-24-10-8-11-25(20-24)13-12-23-14-17-26(18-15-23)27-19-16-22(4-2)21-28-27/h14-19,21,24-25H,3-13,20H2,1-2H3. The molecule has 1 nitrogen and oxygen atoms in total. The third-order valence-electron chi connectivity index (χ3n) is 6.68. The lowest BCUT2D eigenvalue weighted by Crippen LogP contribution is -2.16. The van der Waals surface area contributed by atoms with Crippen LogP contribution in [0.5, 0.6) is 0 Å². The van der Waals surface area contributed by atoms with Gasteiger partial charge in [0.05, 0.1) is 5.69 Å². The minimum atomic E-state index is 0.952. The zero-order valence-corrected chi connectivity index (χ0v) is 18.1. The highest BCUT2D eigenvalue weighted by molar-refractivity contribution is 5.59. The fraction of sp³-hybridized carbons (Fsp3) is 0.593. The van der Waals surface area contributed by atoms with Crippen LogP contribution in [0.15, 0.2) is 42.6 Å². The zero-order chi connectivity index (χ0) is 19.6. The number of nitrogens with zero attached hydrogens (tertiary/aromatic N) is 1. The van der Waals surface area contributed by atoms with E-state index < -0.39 is 0 Å². The van der Waals surface area contributed by atoms with E-state index in [0.717, 1.165) is 24.0 Å². The van der Waals surface area contributed by atoms with E-state index in [1.807, 2.05) is 6.20 Å². The Labute approximate surface area is 173 Å². The molecule has 2 unspecified atom stereocenters. The van der Waals surface area contributed by atoms with Crippen molar-refractivity contribution in [3.05, 3.63) is 53.7 Å². The number of hydrogen-bond donors (Lipinski definition) is 0. The molecule has 0 spiro atoms. The van der Waals surface area contributed by atoms with Crippen LogP contribution >= 0.6 is 0 Å². The number of aryl methyl sites for hydroxylation is 2. The van der Waals surface area contributed by atoms with Crippen LogP contribution in [0.3, 0.4) is 0 Å². The molecule has 3 rings (SSSR count). The number of benzene rings is 1. The Kier molecular flexibility index (Phi) is 8.58. The fourth-order valence-electron chi connectivity index (χ4n) is 4.80. The van der Waals surface area contributed by atoms with Gasteiger partial charge in [0.15, 0.2) is 0 Å². The predicted octanol–water partition coefficient (Wildman–Crippen LogP) is 8.02. The Hall–Kier alpha value is -1.63. The van der Waals surface area contributed by atoms with Gasteiger partial charge in [0.1, 0.15) is 0 Å². The number of unbranched alkanes of at least 4 members (excludes halogenated alkanes) is 3. The van der Waals surface area contributed by atoms with Crippen molar-refractivity contribution < 1.29 is 0 Å². The molecular formula is C27H39N. The maximum atomic E-state index is 4.61. The van der Waals surface area contributed by atoms with Crippen LogP contribution in [0.25, 0.3) is 11.3 Å². The smallest absolute Gasteiger partial charge is 0.0702 e. The summed E-state index contributed by atoms with van der Waals surface area (Å²) >= 11 is 0. The third-order valence-corrected chi connectivity index (χ3v) is 6.68. The third kappa shape index (κ3) is 6.47. The summed E-state index contributed by atoms with van der Waals surface area (Å²) < 4.78 is 0. The minimum absolute atomic E-state index is 0.952. The van der Waals surface area contributed by atoms with Crippen LogP contribution < -0.4 is 0 Å². The normalized spacial score (nSPS) is 19.6. The summed E-state index contributed by atoms with van der Waals surface area (Å²) in [7, 11) is 0. The van der Waals surface area contributed by atoms with E-state index in [2.05, 4.69) is 55.2 Å². The molecule has 0 radical (unpaired) electrons. The van der Waals surface area contributed by atoms with Crippen molar-refractivity contribution in [2.75, 3.05) is 0 Å². The van der Waals surface area contributed by atoms with Crippen molar-refractivity contribution in [1.82, 2.24) is 4.98 Å². The molecule has 0 N–H and O–H groups in total. The molecule has 1 aliphatic rings. The van der Waals surface area contributed by atoms with Gasteiger partial charge in [-0.3, -0.25) is 4.98 Å². The van der Waals surface area contributed by atoms with Crippen molar-refractivity contribution in [1.29, 1.82) is 0 Å². The van der Waals surface area contributed by atoms with Gasteiger partial charge in [-0.25, -0.2) is 0 Å². The van der Waals surface area contributed by atoms with E-state index >= 15 is 0 Å². The Bertz CT molecular complexity index is 670. The number of aromatic nitrogens is 1. The molecule has 0 aliphatic heterocycles. The molecule has 1 saturated carbocycles. The van der Waals surface area contributed by atoms with E-state index in [-0.39, 0.29) is 0 Å². The average molecular weight is 378 g/mol. The Balaban J connectivity index is 1.45. The quantitative estimate of drug-likeness (QED) is 0.382. The first kappa shape index (κ1) is 21.1. The lowest BCUT2D eigenvalue weighted by atomic mass is 9.77. The van der Waals surface area contributed by atoms with Gasteiger partial charge in [0.2, 0.25) is 0 Å². The van der Waals surface area contributed by atoms with Gasteiger partial charge in [-0.15, -0.1) is 0 Å². The van der Waals surface area contributed by atoms with Crippen LogP contribution in [0, 0.1) is 11.8 Å². The molecule has 1 aliphatic carbocycles. The highest BCUT2D eigenvalue weighted by atomic mass is 14.7. The van der Waals surface area contributed by atoms with Crippen molar-refractivity contribution in [2.45, 2.75) is 90.9 Å². The van der Waals surface area contributed by atoms with E-state index in [0.29, 0.717) is 0 Å². The first-order valence-corrected chi connectivity index (χ1v) is 11.8. The van der Waals surface area contributed by atoms with Gasteiger partial charge < -0.3 is 0 Å². The van der Waals surface area contributed by atoms with Crippen LogP contribution in [0.1, 0.15) is 89.2 Å². The summed E-state index contributed by atoms with van der Waals surface area (Å²) in [6, 6.07) is 13.5. The zero-order valence-electron chi connectivity index (χ0n) is 18.1. The molecule has 1 heteroatoms. The second-order valence-electron chi connectivity index (χ2n) is 8.89. The van der Waals surface area contributed by atoms with E-state index in [1.54, 1.807) is 0 Å². The van der Waals surface area contributed by atoms with Crippen LogP contribution in [0.4, 0.5) is 0 Å². The maximum Gasteiger partial charge on any atom is 0.0702 e. The van der Waals surface area contributed by atoms with Crippen molar-refractivity contribution in [2.24, 2.45) is 11.8 Å². The van der Waals surface area contributed by atoms with Crippen LogP contribution in [-0.2, 0) is 12.8 Å². The summed E-state index contributed by atoms with van der Waals surface area (Å²) in [5, 5.41) is 0. The number of pyridine rings is 1. The molecular weight excluding hydrogens is 338 g/mol. The highest BCUT2D eigenvalue weighted by Crippen LogP contribution is 2.35. The lowest BCUT2D eigenvalue weighted by Gasteiger charge is -2.29. The Morgan fingerprint density at radius 2 is 1.57 bits per heavy atom. The second-order valence-corrected chi connectivity index (χ2v) is 8.89. The lowest BCUT2D eigenvalue weighted by molar-refractivity contribution is 0.239. The van der Waals surface area contributed by atoms with E-state index in [1.165, 1.54) is 87.3 Å². The first-order valence-electron chi connectivity index (χ1n) is 11.8. The summed E-state index contributed by atoms with van der Waals surface area (Å²) in [5.41, 5.74) is 5.11. The SMILES string of the molecule is CCCCCCC1CCCC(CCc2ccc(-c3ccc(CC)cn3)cc2)C1. The summed E-state index contributed by atoms with van der Waals surface area (Å²) in [5.74, 6) is 1.96. The minimum Gasteiger partial charge on any atom is -0.256 e. The fourth-order valence-corrected chi connectivity index (χ4v) is 4.80. The van der Waals surface area contributed by atoms with Gasteiger partial charge in [-0.2, -0.15) is 0 Å². The maximum absolute atomic E-state index is 4.61. The Morgan fingerprint density at radius 3 is 2.25 bits per heavy atom. The van der Waals surface area contributed by atoms with Gasteiger partial charge >= 0.3 is 0 Å². The molecule has 2 atom stereocenters. The van der Waals surface area contributed by atoms with Crippen molar-refractivity contribution >= 4 is 0 Å². The molecule has 1 aromatic heterocycles.